The molecule has 4 heteroatoms. The first-order chi connectivity index (χ1) is 12.2. The number of carbonyl (C=O) groups excluding carboxylic acids is 1. The Morgan fingerprint density at radius 3 is 2.40 bits per heavy atom. The first-order valence-corrected chi connectivity index (χ1v) is 8.99. The zero-order valence-corrected chi connectivity index (χ0v) is 14.8. The highest BCUT2D eigenvalue weighted by Crippen LogP contribution is 2.17. The average Bonchev–Trinajstić information content (AvgIpc) is 2.67. The van der Waals surface area contributed by atoms with Gasteiger partial charge in [-0.2, -0.15) is 0 Å². The Kier molecular flexibility index (Phi) is 6.07. The standard InChI is InChI=1S/C21H26N2O2/c1-17-4-8-19(9-5-17)21(24)22-12-2-3-18-6-10-20(11-7-18)23-13-15-25-16-14-23/h4-11H,2-3,12-16H2,1H3,(H,22,24). The van der Waals surface area contributed by atoms with Gasteiger partial charge in [-0.25, -0.2) is 0 Å². The number of nitrogens with zero attached hydrogens (tertiary/aromatic N) is 1. The Hall–Kier alpha value is -2.33. The molecule has 0 aromatic heterocycles. The monoisotopic (exact) mass is 338 g/mol. The van der Waals surface area contributed by atoms with Gasteiger partial charge >= 0.3 is 0 Å². The van der Waals surface area contributed by atoms with Crippen molar-refractivity contribution in [3.8, 4) is 0 Å². The van der Waals surface area contributed by atoms with Gasteiger partial charge in [0.25, 0.3) is 5.91 Å². The molecule has 1 aliphatic heterocycles. The van der Waals surface area contributed by atoms with Crippen LogP contribution in [0.3, 0.4) is 0 Å². The molecule has 0 atom stereocenters. The van der Waals surface area contributed by atoms with Gasteiger partial charge in [-0.1, -0.05) is 29.8 Å². The zero-order valence-electron chi connectivity index (χ0n) is 14.8. The molecule has 1 saturated heterocycles. The summed E-state index contributed by atoms with van der Waals surface area (Å²) in [5.74, 6) is 0.00247. The van der Waals surface area contributed by atoms with Gasteiger partial charge in [-0.05, 0) is 49.6 Å². The quantitative estimate of drug-likeness (QED) is 0.823. The molecule has 0 spiro atoms. The van der Waals surface area contributed by atoms with Crippen LogP contribution in [0.4, 0.5) is 5.69 Å². The lowest BCUT2D eigenvalue weighted by Gasteiger charge is -2.28. The summed E-state index contributed by atoms with van der Waals surface area (Å²) in [6, 6.07) is 16.4. The van der Waals surface area contributed by atoms with Gasteiger partial charge in [0.05, 0.1) is 13.2 Å². The van der Waals surface area contributed by atoms with Gasteiger partial charge < -0.3 is 15.0 Å². The van der Waals surface area contributed by atoms with Crippen LogP contribution in [0, 0.1) is 6.92 Å². The first-order valence-electron chi connectivity index (χ1n) is 8.99. The molecule has 3 rings (SSSR count). The summed E-state index contributed by atoms with van der Waals surface area (Å²) in [4.78, 5) is 14.4. The minimum absolute atomic E-state index is 0.00247. The van der Waals surface area contributed by atoms with Crippen LogP contribution in [-0.4, -0.2) is 38.8 Å². The average molecular weight is 338 g/mol. The van der Waals surface area contributed by atoms with E-state index in [2.05, 4.69) is 34.5 Å². The fourth-order valence-electron chi connectivity index (χ4n) is 3.00. The van der Waals surface area contributed by atoms with Gasteiger partial charge in [0.1, 0.15) is 0 Å². The molecule has 2 aromatic carbocycles. The van der Waals surface area contributed by atoms with Gasteiger partial charge in [0.2, 0.25) is 0 Å². The van der Waals surface area contributed by atoms with Crippen LogP contribution in [-0.2, 0) is 11.2 Å². The Labute approximate surface area is 149 Å². The van der Waals surface area contributed by atoms with Crippen molar-refractivity contribution in [3.05, 3.63) is 65.2 Å². The van der Waals surface area contributed by atoms with Crippen LogP contribution >= 0.6 is 0 Å². The van der Waals surface area contributed by atoms with Crippen LogP contribution in [0.25, 0.3) is 0 Å². The van der Waals surface area contributed by atoms with E-state index in [1.807, 2.05) is 31.2 Å². The molecule has 1 aliphatic rings. The van der Waals surface area contributed by atoms with E-state index in [4.69, 9.17) is 4.74 Å². The van der Waals surface area contributed by atoms with Gasteiger partial charge in [-0.15, -0.1) is 0 Å². The summed E-state index contributed by atoms with van der Waals surface area (Å²) in [7, 11) is 0. The Morgan fingerprint density at radius 1 is 1.04 bits per heavy atom. The molecule has 1 N–H and O–H groups in total. The number of amides is 1. The number of carbonyl (C=O) groups is 1. The minimum atomic E-state index is 0.00247. The second kappa shape index (κ2) is 8.67. The third-order valence-electron chi connectivity index (χ3n) is 4.55. The fourth-order valence-corrected chi connectivity index (χ4v) is 3.00. The maximum Gasteiger partial charge on any atom is 0.251 e. The van der Waals surface area contributed by atoms with E-state index < -0.39 is 0 Å². The lowest BCUT2D eigenvalue weighted by Crippen LogP contribution is -2.36. The van der Waals surface area contributed by atoms with Crippen molar-refractivity contribution in [1.29, 1.82) is 0 Å². The molecule has 132 valence electrons. The normalized spacial score (nSPS) is 14.4. The third kappa shape index (κ3) is 5.07. The maximum atomic E-state index is 12.1. The second-order valence-electron chi connectivity index (χ2n) is 6.49. The summed E-state index contributed by atoms with van der Waals surface area (Å²) in [5.41, 5.74) is 4.46. The van der Waals surface area contributed by atoms with Gasteiger partial charge in [0, 0.05) is 30.9 Å². The van der Waals surface area contributed by atoms with Gasteiger partial charge in [-0.3, -0.25) is 4.79 Å². The molecule has 1 amide bonds. The van der Waals surface area contributed by atoms with E-state index in [0.717, 1.165) is 50.3 Å². The fraction of sp³-hybridized carbons (Fsp3) is 0.381. The smallest absolute Gasteiger partial charge is 0.251 e. The lowest BCUT2D eigenvalue weighted by atomic mass is 10.1. The van der Waals surface area contributed by atoms with Gasteiger partial charge in [0.15, 0.2) is 0 Å². The number of hydrogen-bond acceptors (Lipinski definition) is 3. The van der Waals surface area contributed by atoms with Crippen LogP contribution in [0.2, 0.25) is 0 Å². The van der Waals surface area contributed by atoms with Crippen LogP contribution < -0.4 is 10.2 Å². The maximum absolute atomic E-state index is 12.1. The predicted octanol–water partition coefficient (Wildman–Crippen LogP) is 3.19. The van der Waals surface area contributed by atoms with Crippen LogP contribution in [0.5, 0.6) is 0 Å². The van der Waals surface area contributed by atoms with Crippen molar-refractivity contribution in [1.82, 2.24) is 5.32 Å². The molecule has 25 heavy (non-hydrogen) atoms. The predicted molar refractivity (Wildman–Crippen MR) is 101 cm³/mol. The molecule has 0 radical (unpaired) electrons. The van der Waals surface area contributed by atoms with E-state index in [9.17, 15) is 4.79 Å². The van der Waals surface area contributed by atoms with E-state index in [1.54, 1.807) is 0 Å². The Morgan fingerprint density at radius 2 is 1.72 bits per heavy atom. The molecule has 0 aliphatic carbocycles. The first kappa shape index (κ1) is 17.5. The van der Waals surface area contributed by atoms with E-state index >= 15 is 0 Å². The Bertz CT molecular complexity index is 674. The summed E-state index contributed by atoms with van der Waals surface area (Å²) in [6.07, 6.45) is 1.91. The van der Waals surface area contributed by atoms with Crippen molar-refractivity contribution >= 4 is 11.6 Å². The highest BCUT2D eigenvalue weighted by Gasteiger charge is 2.10. The van der Waals surface area contributed by atoms with Crippen molar-refractivity contribution in [2.24, 2.45) is 0 Å². The van der Waals surface area contributed by atoms with Crippen molar-refractivity contribution in [2.75, 3.05) is 37.7 Å². The molecular weight excluding hydrogens is 312 g/mol. The number of ether oxygens (including phenoxy) is 1. The van der Waals surface area contributed by atoms with E-state index in [0.29, 0.717) is 6.54 Å². The van der Waals surface area contributed by atoms with Crippen LogP contribution in [0.15, 0.2) is 48.5 Å². The highest BCUT2D eigenvalue weighted by molar-refractivity contribution is 5.94. The molecule has 2 aromatic rings. The van der Waals surface area contributed by atoms with Crippen LogP contribution in [0.1, 0.15) is 27.9 Å². The summed E-state index contributed by atoms with van der Waals surface area (Å²) in [5, 5.41) is 2.99. The number of aryl methyl sites for hydroxylation is 2. The lowest BCUT2D eigenvalue weighted by molar-refractivity contribution is 0.0953. The largest absolute Gasteiger partial charge is 0.378 e. The van der Waals surface area contributed by atoms with Crippen molar-refractivity contribution in [3.63, 3.8) is 0 Å². The molecule has 1 heterocycles. The second-order valence-corrected chi connectivity index (χ2v) is 6.49. The molecule has 0 saturated carbocycles. The number of nitrogens with one attached hydrogen (secondary N) is 1. The minimum Gasteiger partial charge on any atom is -0.378 e. The molecular formula is C21H26N2O2. The molecule has 1 fully saturated rings. The van der Waals surface area contributed by atoms with E-state index in [-0.39, 0.29) is 5.91 Å². The number of benzene rings is 2. The SMILES string of the molecule is Cc1ccc(C(=O)NCCCc2ccc(N3CCOCC3)cc2)cc1. The number of hydrogen-bond donors (Lipinski definition) is 1. The number of morpholine rings is 1. The summed E-state index contributed by atoms with van der Waals surface area (Å²) < 4.78 is 5.39. The topological polar surface area (TPSA) is 41.6 Å². The molecule has 0 bridgehead atoms. The molecule has 4 nitrogen and oxygen atoms in total. The number of rotatable bonds is 6. The Balaban J connectivity index is 1.41. The van der Waals surface area contributed by atoms with Crippen molar-refractivity contribution in [2.45, 2.75) is 19.8 Å². The third-order valence-corrected chi connectivity index (χ3v) is 4.55. The zero-order chi connectivity index (χ0) is 17.5. The summed E-state index contributed by atoms with van der Waals surface area (Å²) >= 11 is 0. The number of anilines is 1. The summed E-state index contributed by atoms with van der Waals surface area (Å²) in [6.45, 7) is 6.25. The van der Waals surface area contributed by atoms with Crippen molar-refractivity contribution < 1.29 is 9.53 Å². The molecule has 0 unspecified atom stereocenters. The van der Waals surface area contributed by atoms with E-state index in [1.165, 1.54) is 11.3 Å². The highest BCUT2D eigenvalue weighted by atomic mass is 16.5.